The fraction of sp³-hybridized carbons (Fsp3) is 0.444. The Bertz CT molecular complexity index is 868. The second kappa shape index (κ2) is 7.13. The third-order valence-corrected chi connectivity index (χ3v) is 5.60. The van der Waals surface area contributed by atoms with E-state index in [2.05, 4.69) is 15.4 Å². The summed E-state index contributed by atoms with van der Waals surface area (Å²) >= 11 is 1.54. The van der Waals surface area contributed by atoms with E-state index in [0.717, 1.165) is 47.0 Å². The van der Waals surface area contributed by atoms with Crippen molar-refractivity contribution in [2.45, 2.75) is 37.8 Å². The average Bonchev–Trinajstić information content (AvgIpc) is 3.21. The van der Waals surface area contributed by atoms with Crippen molar-refractivity contribution in [3.05, 3.63) is 24.4 Å². The molecule has 1 aromatic carbocycles. The van der Waals surface area contributed by atoms with Crippen LogP contribution in [-0.2, 0) is 0 Å². The van der Waals surface area contributed by atoms with Crippen LogP contribution in [-0.4, -0.2) is 46.1 Å². The highest BCUT2D eigenvalue weighted by atomic mass is 32.1. The minimum atomic E-state index is -0.147. The van der Waals surface area contributed by atoms with E-state index in [1.165, 1.54) is 11.3 Å². The highest BCUT2D eigenvalue weighted by Gasteiger charge is 2.20. The summed E-state index contributed by atoms with van der Waals surface area (Å²) in [5.74, 6) is 1.37. The first-order valence-corrected chi connectivity index (χ1v) is 9.51. The van der Waals surface area contributed by atoms with E-state index in [1.807, 2.05) is 24.4 Å². The molecule has 0 amide bonds. The molecule has 2 heterocycles. The number of rotatable bonds is 5. The number of aliphatic hydroxyl groups excluding tert-OH is 1. The standard InChI is InChI=1S/C18H22N4O3S/c1-24-15-8-3-11(9-16(15)25-2)14-10-22-18(20-14)26-17(21-22)19-12-4-6-13(23)7-5-12/h3,8-10,12-13,23H,4-7H2,1-2H3,(H,19,21). The Morgan fingerprint density at radius 1 is 1.15 bits per heavy atom. The van der Waals surface area contributed by atoms with Crippen molar-refractivity contribution in [1.29, 1.82) is 0 Å². The third kappa shape index (κ3) is 3.34. The molecule has 1 aliphatic rings. The summed E-state index contributed by atoms with van der Waals surface area (Å²) in [6, 6.07) is 6.12. The topological polar surface area (TPSA) is 80.9 Å². The van der Waals surface area contributed by atoms with E-state index < -0.39 is 0 Å². The quantitative estimate of drug-likeness (QED) is 0.714. The first-order valence-electron chi connectivity index (χ1n) is 8.69. The molecule has 0 saturated heterocycles. The van der Waals surface area contributed by atoms with Crippen molar-refractivity contribution in [3.63, 3.8) is 0 Å². The number of hydrogen-bond donors (Lipinski definition) is 2. The molecule has 1 aliphatic carbocycles. The molecule has 0 aliphatic heterocycles. The maximum atomic E-state index is 9.61. The van der Waals surface area contributed by atoms with Gasteiger partial charge in [-0.05, 0) is 43.9 Å². The molecule has 138 valence electrons. The molecule has 2 N–H and O–H groups in total. The molecule has 2 aromatic heterocycles. The van der Waals surface area contributed by atoms with Crippen molar-refractivity contribution >= 4 is 21.4 Å². The molecule has 7 nitrogen and oxygen atoms in total. The lowest BCUT2D eigenvalue weighted by molar-refractivity contribution is 0.126. The monoisotopic (exact) mass is 374 g/mol. The minimum Gasteiger partial charge on any atom is -0.493 e. The van der Waals surface area contributed by atoms with Crippen LogP contribution < -0.4 is 14.8 Å². The molecular formula is C18H22N4O3S. The molecule has 0 spiro atoms. The van der Waals surface area contributed by atoms with Crippen LogP contribution in [0, 0.1) is 0 Å². The molecule has 0 bridgehead atoms. The number of methoxy groups -OCH3 is 2. The molecule has 3 aromatic rings. The number of benzene rings is 1. The van der Waals surface area contributed by atoms with Gasteiger partial charge in [0.1, 0.15) is 0 Å². The highest BCUT2D eigenvalue weighted by Crippen LogP contribution is 2.33. The lowest BCUT2D eigenvalue weighted by Gasteiger charge is -2.25. The van der Waals surface area contributed by atoms with Crippen molar-refractivity contribution in [2.75, 3.05) is 19.5 Å². The number of ether oxygens (including phenoxy) is 2. The fourth-order valence-electron chi connectivity index (χ4n) is 3.29. The molecule has 0 unspecified atom stereocenters. The van der Waals surface area contributed by atoms with E-state index in [9.17, 15) is 5.11 Å². The Hall–Kier alpha value is -2.32. The first-order chi connectivity index (χ1) is 12.7. The van der Waals surface area contributed by atoms with Gasteiger partial charge in [-0.2, -0.15) is 0 Å². The number of fused-ring (bicyclic) bond motifs is 1. The summed E-state index contributed by atoms with van der Waals surface area (Å²) in [6.45, 7) is 0. The molecule has 1 saturated carbocycles. The van der Waals surface area contributed by atoms with Gasteiger partial charge in [0.15, 0.2) is 11.5 Å². The van der Waals surface area contributed by atoms with E-state index >= 15 is 0 Å². The number of aromatic nitrogens is 3. The smallest absolute Gasteiger partial charge is 0.214 e. The largest absolute Gasteiger partial charge is 0.493 e. The van der Waals surface area contributed by atoms with Gasteiger partial charge >= 0.3 is 0 Å². The summed E-state index contributed by atoms with van der Waals surface area (Å²) in [4.78, 5) is 5.52. The Balaban J connectivity index is 1.53. The molecule has 26 heavy (non-hydrogen) atoms. The maximum absolute atomic E-state index is 9.61. The first kappa shape index (κ1) is 17.1. The zero-order valence-electron chi connectivity index (χ0n) is 14.8. The van der Waals surface area contributed by atoms with Gasteiger partial charge in [-0.1, -0.05) is 11.3 Å². The Kier molecular flexibility index (Phi) is 4.69. The van der Waals surface area contributed by atoms with Gasteiger partial charge in [-0.25, -0.2) is 9.50 Å². The fourth-order valence-corrected chi connectivity index (χ4v) is 4.15. The van der Waals surface area contributed by atoms with Gasteiger partial charge in [-0.15, -0.1) is 5.10 Å². The predicted molar refractivity (Wildman–Crippen MR) is 101 cm³/mol. The normalized spacial score (nSPS) is 20.3. The van der Waals surface area contributed by atoms with Crippen molar-refractivity contribution < 1.29 is 14.6 Å². The van der Waals surface area contributed by atoms with E-state index in [-0.39, 0.29) is 6.10 Å². The second-order valence-electron chi connectivity index (χ2n) is 6.48. The van der Waals surface area contributed by atoms with E-state index in [4.69, 9.17) is 9.47 Å². The SMILES string of the molecule is COc1ccc(-c2cn3nc(NC4CCC(O)CC4)sc3n2)cc1OC. The molecule has 1 fully saturated rings. The van der Waals surface area contributed by atoms with Gasteiger partial charge in [0.05, 0.1) is 32.2 Å². The van der Waals surface area contributed by atoms with Gasteiger partial charge in [0.2, 0.25) is 10.1 Å². The van der Waals surface area contributed by atoms with Crippen LogP contribution in [0.15, 0.2) is 24.4 Å². The van der Waals surface area contributed by atoms with Crippen LogP contribution in [0.25, 0.3) is 16.2 Å². The van der Waals surface area contributed by atoms with Crippen LogP contribution in [0.2, 0.25) is 0 Å². The molecular weight excluding hydrogens is 352 g/mol. The summed E-state index contributed by atoms with van der Waals surface area (Å²) < 4.78 is 12.4. The van der Waals surface area contributed by atoms with Crippen molar-refractivity contribution in [3.8, 4) is 22.8 Å². The van der Waals surface area contributed by atoms with Crippen LogP contribution in [0.3, 0.4) is 0 Å². The zero-order valence-corrected chi connectivity index (χ0v) is 15.6. The van der Waals surface area contributed by atoms with E-state index in [1.54, 1.807) is 18.7 Å². The number of nitrogens with zero attached hydrogens (tertiary/aromatic N) is 3. The third-order valence-electron chi connectivity index (χ3n) is 4.75. The molecule has 0 radical (unpaired) electrons. The molecule has 0 atom stereocenters. The summed E-state index contributed by atoms with van der Waals surface area (Å²) in [5.41, 5.74) is 1.80. The zero-order chi connectivity index (χ0) is 18.1. The second-order valence-corrected chi connectivity index (χ2v) is 7.44. The van der Waals surface area contributed by atoms with Crippen LogP contribution in [0.4, 0.5) is 5.13 Å². The average molecular weight is 374 g/mol. The highest BCUT2D eigenvalue weighted by molar-refractivity contribution is 7.20. The van der Waals surface area contributed by atoms with Gasteiger partial charge in [-0.3, -0.25) is 0 Å². The Morgan fingerprint density at radius 3 is 2.62 bits per heavy atom. The summed E-state index contributed by atoms with van der Waals surface area (Å²) in [5, 5.41) is 18.5. The Morgan fingerprint density at radius 2 is 1.92 bits per heavy atom. The van der Waals surface area contributed by atoms with Gasteiger partial charge in [0, 0.05) is 11.6 Å². The predicted octanol–water partition coefficient (Wildman–Crippen LogP) is 3.19. The Labute approximate surface area is 155 Å². The van der Waals surface area contributed by atoms with Crippen LogP contribution in [0.1, 0.15) is 25.7 Å². The van der Waals surface area contributed by atoms with Crippen molar-refractivity contribution in [2.24, 2.45) is 0 Å². The van der Waals surface area contributed by atoms with Crippen molar-refractivity contribution in [1.82, 2.24) is 14.6 Å². The van der Waals surface area contributed by atoms with Crippen LogP contribution >= 0.6 is 11.3 Å². The lowest BCUT2D eigenvalue weighted by atomic mass is 9.93. The van der Waals surface area contributed by atoms with Gasteiger partial charge in [0.25, 0.3) is 0 Å². The van der Waals surface area contributed by atoms with E-state index in [0.29, 0.717) is 17.5 Å². The maximum Gasteiger partial charge on any atom is 0.214 e. The van der Waals surface area contributed by atoms with Gasteiger partial charge < -0.3 is 19.9 Å². The minimum absolute atomic E-state index is 0.147. The number of aliphatic hydroxyl groups is 1. The number of anilines is 1. The lowest BCUT2D eigenvalue weighted by Crippen LogP contribution is -2.28. The van der Waals surface area contributed by atoms with Crippen LogP contribution in [0.5, 0.6) is 11.5 Å². The molecule has 8 heteroatoms. The number of nitrogens with one attached hydrogen (secondary N) is 1. The molecule has 4 rings (SSSR count). The number of hydrogen-bond acceptors (Lipinski definition) is 7. The summed E-state index contributed by atoms with van der Waals surface area (Å²) in [6.07, 6.45) is 5.42. The summed E-state index contributed by atoms with van der Waals surface area (Å²) in [7, 11) is 3.24. The number of imidazole rings is 1.